The molecule has 0 atom stereocenters. The van der Waals surface area contributed by atoms with E-state index in [2.05, 4.69) is 20.1 Å². The number of phenols is 3. The Morgan fingerprint density at radius 3 is 1.61 bits per heavy atom. The van der Waals surface area contributed by atoms with Gasteiger partial charge in [-0.05, 0) is 52.0 Å². The van der Waals surface area contributed by atoms with Crippen LogP contribution in [-0.2, 0) is 6.42 Å². The summed E-state index contributed by atoms with van der Waals surface area (Å²) in [5, 5.41) is 40.1. The Hall–Kier alpha value is -4.34. The van der Waals surface area contributed by atoms with E-state index >= 15 is 0 Å². The third-order valence-electron chi connectivity index (χ3n) is 6.69. The fourth-order valence-electron chi connectivity index (χ4n) is 4.61. The van der Waals surface area contributed by atoms with Crippen LogP contribution in [0.5, 0.6) is 23.0 Å². The van der Waals surface area contributed by atoms with Crippen molar-refractivity contribution in [3.05, 3.63) is 47.5 Å². The Morgan fingerprint density at radius 2 is 1.18 bits per heavy atom. The number of benzene rings is 2. The summed E-state index contributed by atoms with van der Waals surface area (Å²) in [6, 6.07) is 9.35. The van der Waals surface area contributed by atoms with Crippen LogP contribution in [0.1, 0.15) is 38.8 Å². The molecule has 0 spiro atoms. The summed E-state index contributed by atoms with van der Waals surface area (Å²) in [6.07, 6.45) is 0.293. The minimum absolute atomic E-state index is 0.00136. The fourth-order valence-corrected chi connectivity index (χ4v) is 4.61. The zero-order valence-electron chi connectivity index (χ0n) is 22.4. The quantitative estimate of drug-likeness (QED) is 0.235. The summed E-state index contributed by atoms with van der Waals surface area (Å²) in [7, 11) is 1.54. The predicted molar refractivity (Wildman–Crippen MR) is 145 cm³/mol. The summed E-state index contributed by atoms with van der Waals surface area (Å²) in [5.74, 6) is 2.40. The molecule has 0 aliphatic heterocycles. The lowest BCUT2D eigenvalue weighted by atomic mass is 9.97. The Balaban J connectivity index is 1.94. The van der Waals surface area contributed by atoms with Gasteiger partial charge in [-0.25, -0.2) is 0 Å². The van der Waals surface area contributed by atoms with Crippen molar-refractivity contribution in [1.82, 2.24) is 10.3 Å². The van der Waals surface area contributed by atoms with Gasteiger partial charge < -0.3 is 38.9 Å². The molecular formula is C28H34N4O6. The first-order valence-electron chi connectivity index (χ1n) is 12.7. The van der Waals surface area contributed by atoms with Crippen LogP contribution in [0.15, 0.2) is 45.4 Å². The van der Waals surface area contributed by atoms with Crippen LogP contribution in [0.3, 0.4) is 0 Å². The molecule has 0 amide bonds. The Kier molecular flexibility index (Phi) is 7.99. The van der Waals surface area contributed by atoms with Crippen LogP contribution in [-0.4, -0.2) is 58.9 Å². The number of nitrogens with zero attached hydrogens (tertiary/aromatic N) is 4. The molecule has 4 aromatic rings. The van der Waals surface area contributed by atoms with E-state index < -0.39 is 0 Å². The Morgan fingerprint density at radius 1 is 0.711 bits per heavy atom. The van der Waals surface area contributed by atoms with Crippen LogP contribution >= 0.6 is 0 Å². The van der Waals surface area contributed by atoms with Crippen molar-refractivity contribution in [3.63, 3.8) is 0 Å². The molecule has 0 aliphatic carbocycles. The molecule has 0 saturated carbocycles. The molecule has 0 saturated heterocycles. The minimum atomic E-state index is -0.129. The molecule has 4 rings (SSSR count). The van der Waals surface area contributed by atoms with Gasteiger partial charge in [-0.15, -0.1) is 0 Å². The Labute approximate surface area is 221 Å². The van der Waals surface area contributed by atoms with E-state index in [-0.39, 0.29) is 17.2 Å². The standard InChI is InChI=1S/C28H34N4O6/c1-6-31(7-2)27-21(25(37-29-27)19-12-10-17(33)14-23(19)34)16-22-26(38-30-28(22)32(8-3)9-4)20-13-11-18(36-5)15-24(20)35/h10-15,33-35H,6-9,16H2,1-5H3. The number of anilines is 2. The van der Waals surface area contributed by atoms with Gasteiger partial charge in [-0.3, -0.25) is 0 Å². The van der Waals surface area contributed by atoms with Crippen LogP contribution in [0.4, 0.5) is 11.6 Å². The molecule has 2 heterocycles. The number of hydrogen-bond acceptors (Lipinski definition) is 10. The second-order valence-electron chi connectivity index (χ2n) is 8.73. The van der Waals surface area contributed by atoms with Gasteiger partial charge in [0.1, 0.15) is 23.0 Å². The third-order valence-corrected chi connectivity index (χ3v) is 6.69. The largest absolute Gasteiger partial charge is 0.508 e. The zero-order valence-corrected chi connectivity index (χ0v) is 22.4. The number of ether oxygens (including phenoxy) is 1. The molecule has 38 heavy (non-hydrogen) atoms. The second kappa shape index (κ2) is 11.4. The predicted octanol–water partition coefficient (Wildman–Crippen LogP) is 5.41. The maximum atomic E-state index is 10.8. The molecule has 2 aromatic heterocycles. The molecule has 10 heteroatoms. The molecule has 0 radical (unpaired) electrons. The highest BCUT2D eigenvalue weighted by Gasteiger charge is 2.29. The van der Waals surface area contributed by atoms with Gasteiger partial charge in [-0.2, -0.15) is 0 Å². The van der Waals surface area contributed by atoms with Gasteiger partial charge in [-0.1, -0.05) is 10.3 Å². The van der Waals surface area contributed by atoms with Gasteiger partial charge in [0.2, 0.25) is 0 Å². The molecule has 2 aromatic carbocycles. The van der Waals surface area contributed by atoms with Gasteiger partial charge in [0, 0.05) is 55.9 Å². The van der Waals surface area contributed by atoms with Gasteiger partial charge in [0.25, 0.3) is 0 Å². The van der Waals surface area contributed by atoms with Crippen molar-refractivity contribution < 1.29 is 29.1 Å². The molecular weight excluding hydrogens is 488 g/mol. The third kappa shape index (κ3) is 4.93. The average molecular weight is 523 g/mol. The van der Waals surface area contributed by atoms with E-state index in [0.717, 1.165) is 11.1 Å². The maximum Gasteiger partial charge on any atom is 0.176 e. The highest BCUT2D eigenvalue weighted by molar-refractivity contribution is 5.78. The number of rotatable bonds is 11. The normalized spacial score (nSPS) is 11.1. The van der Waals surface area contributed by atoms with Gasteiger partial charge in [0.15, 0.2) is 23.2 Å². The van der Waals surface area contributed by atoms with E-state index in [9.17, 15) is 15.3 Å². The van der Waals surface area contributed by atoms with E-state index in [1.54, 1.807) is 18.2 Å². The van der Waals surface area contributed by atoms with Crippen LogP contribution in [0.25, 0.3) is 22.6 Å². The summed E-state index contributed by atoms with van der Waals surface area (Å²) in [5.41, 5.74) is 2.34. The number of aromatic hydroxyl groups is 3. The molecule has 0 aliphatic rings. The maximum absolute atomic E-state index is 10.8. The van der Waals surface area contributed by atoms with Crippen molar-refractivity contribution >= 4 is 11.6 Å². The van der Waals surface area contributed by atoms with Crippen LogP contribution in [0, 0.1) is 0 Å². The van der Waals surface area contributed by atoms with Crippen molar-refractivity contribution in [2.75, 3.05) is 43.1 Å². The first kappa shape index (κ1) is 26.7. The molecule has 202 valence electrons. The molecule has 0 fully saturated rings. The van der Waals surface area contributed by atoms with Crippen molar-refractivity contribution in [3.8, 4) is 45.6 Å². The van der Waals surface area contributed by atoms with E-state index in [4.69, 9.17) is 13.8 Å². The molecule has 0 unspecified atom stereocenters. The first-order valence-corrected chi connectivity index (χ1v) is 12.7. The highest BCUT2D eigenvalue weighted by Crippen LogP contribution is 2.43. The number of hydrogen-bond donors (Lipinski definition) is 3. The summed E-state index contributed by atoms with van der Waals surface area (Å²) in [6.45, 7) is 10.9. The van der Waals surface area contributed by atoms with E-state index in [1.807, 2.05) is 27.7 Å². The number of methoxy groups -OCH3 is 1. The second-order valence-corrected chi connectivity index (χ2v) is 8.73. The monoisotopic (exact) mass is 522 g/mol. The lowest BCUT2D eigenvalue weighted by molar-refractivity contribution is 0.405. The van der Waals surface area contributed by atoms with Crippen LogP contribution < -0.4 is 14.5 Å². The van der Waals surface area contributed by atoms with E-state index in [0.29, 0.717) is 72.6 Å². The van der Waals surface area contributed by atoms with Gasteiger partial charge in [0.05, 0.1) is 18.2 Å². The van der Waals surface area contributed by atoms with E-state index in [1.165, 1.54) is 25.3 Å². The summed E-state index contributed by atoms with van der Waals surface area (Å²) >= 11 is 0. The Bertz CT molecular complexity index is 1390. The zero-order chi connectivity index (χ0) is 27.4. The van der Waals surface area contributed by atoms with Crippen molar-refractivity contribution in [2.45, 2.75) is 34.1 Å². The SMILES string of the molecule is CCN(CC)c1noc(-c2ccc(O)cc2O)c1Cc1c(N(CC)CC)noc1-c1ccc(OC)cc1O. The first-order chi connectivity index (χ1) is 18.4. The average Bonchev–Trinajstić information content (AvgIpc) is 3.51. The number of aromatic nitrogens is 2. The van der Waals surface area contributed by atoms with Crippen LogP contribution in [0.2, 0.25) is 0 Å². The lowest BCUT2D eigenvalue weighted by Gasteiger charge is -2.21. The van der Waals surface area contributed by atoms with Crippen molar-refractivity contribution in [2.24, 2.45) is 0 Å². The molecule has 3 N–H and O–H groups in total. The topological polar surface area (TPSA) is 128 Å². The minimum Gasteiger partial charge on any atom is -0.508 e. The smallest absolute Gasteiger partial charge is 0.176 e. The fraction of sp³-hybridized carbons (Fsp3) is 0.357. The molecule has 10 nitrogen and oxygen atoms in total. The van der Waals surface area contributed by atoms with Crippen molar-refractivity contribution in [1.29, 1.82) is 0 Å². The highest BCUT2D eigenvalue weighted by atomic mass is 16.5. The molecule has 0 bridgehead atoms. The number of phenolic OH excluding ortho intramolecular Hbond substituents is 3. The summed E-state index contributed by atoms with van der Waals surface area (Å²) < 4.78 is 16.9. The van der Waals surface area contributed by atoms with Gasteiger partial charge >= 0.3 is 0 Å². The lowest BCUT2D eigenvalue weighted by Crippen LogP contribution is -2.24. The summed E-state index contributed by atoms with van der Waals surface area (Å²) in [4.78, 5) is 4.14.